The molecule has 1 nitrogen and oxygen atoms in total. The van der Waals surface area contributed by atoms with Gasteiger partial charge in [-0.1, -0.05) is 0 Å². The van der Waals surface area contributed by atoms with E-state index >= 15 is 4.79 Å². The van der Waals surface area contributed by atoms with Crippen molar-refractivity contribution < 1.29 is 4.79 Å². The van der Waals surface area contributed by atoms with Crippen molar-refractivity contribution in [1.82, 2.24) is 0 Å². The molecule has 0 amide bonds. The Kier molecular flexibility index (Phi) is 1.88. The molecule has 3 saturated carbocycles. The Labute approximate surface area is 363 Å². The molecule has 35 rings (SSSR count). The van der Waals surface area contributed by atoms with Crippen LogP contribution >= 0.6 is 0 Å². The minimum absolute atomic E-state index is 0.00764. The summed E-state index contributed by atoms with van der Waals surface area (Å²) in [5, 5.41) is 89.1. The fourth-order valence-corrected chi connectivity index (χ4v) is 26.6. The number of hydrogen-bond acceptors (Lipinski definition) is 1. The topological polar surface area (TPSA) is 17.1 Å². The summed E-state index contributed by atoms with van der Waals surface area (Å²) in [6.07, 6.45) is 2.97. The lowest BCUT2D eigenvalue weighted by atomic mass is 9.34. The summed E-state index contributed by atoms with van der Waals surface area (Å²) in [7, 11) is 0. The molecule has 0 aliphatic heterocycles. The molecule has 2 atom stereocenters. The number of ketones is 1. The lowest BCUT2D eigenvalue weighted by Gasteiger charge is -2.66. The van der Waals surface area contributed by atoms with Gasteiger partial charge in [0.05, 0.1) is 0 Å². The zero-order valence-corrected chi connectivity index (χ0v) is 34.2. The molecule has 0 N–H and O–H groups in total. The fourth-order valence-electron chi connectivity index (χ4n) is 26.6. The Morgan fingerprint density at radius 1 is 0.209 bits per heavy atom. The molecule has 278 valence electrons. The van der Waals surface area contributed by atoms with Gasteiger partial charge in [-0.3, -0.25) is 4.79 Å². The molecule has 28 aromatic rings. The van der Waals surface area contributed by atoms with Crippen LogP contribution in [0.3, 0.4) is 0 Å². The number of carbonyl (C=O) groups excluding carboxylic acids is 1. The van der Waals surface area contributed by atoms with Gasteiger partial charge in [0.15, 0.2) is 0 Å². The summed E-state index contributed by atoms with van der Waals surface area (Å²) in [5.74, 6) is 0.911. The van der Waals surface area contributed by atoms with E-state index < -0.39 is 0 Å². The first-order valence-electron chi connectivity index (χ1n) is 25.6. The van der Waals surface area contributed by atoms with E-state index in [9.17, 15) is 0 Å². The molecule has 1 heteroatoms. The number of carbonyl (C=O) groups is 1. The van der Waals surface area contributed by atoms with E-state index in [4.69, 9.17) is 0 Å². The van der Waals surface area contributed by atoms with E-state index in [0.717, 1.165) is 12.8 Å². The Hall–Kier alpha value is -7.87. The minimum atomic E-state index is -0.378. The van der Waals surface area contributed by atoms with Crippen molar-refractivity contribution in [3.8, 4) is 0 Å². The summed E-state index contributed by atoms with van der Waals surface area (Å²) in [5.41, 5.74) is 6.26. The summed E-state index contributed by atoms with van der Waals surface area (Å²) >= 11 is 0. The normalized spacial score (nSPS) is 26.2. The molecule has 7 aliphatic rings. The quantitative estimate of drug-likeness (QED) is 0.139. The molecule has 0 saturated heterocycles. The van der Waals surface area contributed by atoms with E-state index in [2.05, 4.69) is 0 Å². The van der Waals surface area contributed by atoms with Crippen LogP contribution < -0.4 is 0 Å². The molecule has 0 radical (unpaired) electrons. The molecule has 0 aromatic heterocycles. The van der Waals surface area contributed by atoms with E-state index in [1.165, 1.54) is 6.42 Å². The minimum Gasteiger partial charge on any atom is -0.299 e. The van der Waals surface area contributed by atoms with Crippen LogP contribution in [-0.4, -0.2) is 5.78 Å². The van der Waals surface area contributed by atoms with E-state index in [-0.39, 0.29) is 16.7 Å². The van der Waals surface area contributed by atoms with Crippen LogP contribution in [0.25, 0.3) is 291 Å². The van der Waals surface area contributed by atoms with Gasteiger partial charge in [-0.05, 0) is 332 Å². The molecule has 3 fully saturated rings. The summed E-state index contributed by atoms with van der Waals surface area (Å²) < 4.78 is 0. The Balaban J connectivity index is 1.25. The van der Waals surface area contributed by atoms with Crippen LogP contribution in [-0.2, 0) is 15.6 Å². The van der Waals surface area contributed by atoms with Crippen molar-refractivity contribution in [3.63, 3.8) is 0 Å². The Morgan fingerprint density at radius 3 is 0.552 bits per heavy atom. The number of fused-ring (bicyclic) bond motifs is 2. The first-order chi connectivity index (χ1) is 33.4. The van der Waals surface area contributed by atoms with Crippen LogP contribution in [0.1, 0.15) is 41.5 Å². The highest BCUT2D eigenvalue weighted by Gasteiger charge is 2.77. The third-order valence-corrected chi connectivity index (χ3v) is 26.2. The number of hydrogen-bond donors (Lipinski definition) is 0. The van der Waals surface area contributed by atoms with E-state index in [0.29, 0.717) is 11.7 Å². The molecular formula is C66H8O. The SMILES string of the molecule is O=C1C[C@H]2CC[C@@H]1C13c4c5c6c7c8c9c(c%10c%11c1c1c4c4c%12c5c5c6c6c8c8c%13c9c9c%10c%10c%11c%11c1c1c4c4c%12c%12c5c5c6c8c6c8c%13c9c9c%10c%10c%11c1c1c4c4c%12c5c6c5c8c9c%10c1c45)C723. The molecule has 7 aliphatic carbocycles. The van der Waals surface area contributed by atoms with Crippen LogP contribution in [0, 0.1) is 11.8 Å². The maximum absolute atomic E-state index is 15.8. The predicted octanol–water partition coefficient (Wildman–Crippen LogP) is 17.3. The van der Waals surface area contributed by atoms with Gasteiger partial charge in [-0.2, -0.15) is 0 Å². The molecule has 2 bridgehead atoms. The summed E-state index contributed by atoms with van der Waals surface area (Å²) in [6.45, 7) is 0. The molecule has 28 aromatic carbocycles. The standard InChI is InChI=1S/C66H8O/c67-6-3-4-1-2-5(6)66-63-57-51-41-33-23-15-11-8-7-9-13(15)21-29(23)43(51)49-39-31(21)25-17(9)18-10(7)14-16-12(8)20-19(11)27(33)37-38-28(20)34-24(16)30-22(14)32-26(18)36-35(25)45(39)53-54-46(36)40(32)50-44(30)52-42(34)48(38)60(59(63)47(37)41)64(66)58(52)56(50)62(54)65(4,66)61(53)55(49)57/h4-5H,1-3H2/t4-,5+,65?,66?/m1/s1. The van der Waals surface area contributed by atoms with Gasteiger partial charge in [0.2, 0.25) is 0 Å². The predicted molar refractivity (Wildman–Crippen MR) is 280 cm³/mol. The molecule has 0 heterocycles. The number of benzene rings is 18. The molecule has 67 heavy (non-hydrogen) atoms. The van der Waals surface area contributed by atoms with Gasteiger partial charge in [0.1, 0.15) is 5.78 Å². The van der Waals surface area contributed by atoms with Gasteiger partial charge in [-0.25, -0.2) is 0 Å². The van der Waals surface area contributed by atoms with Crippen LogP contribution in [0.2, 0.25) is 0 Å². The van der Waals surface area contributed by atoms with Gasteiger partial charge < -0.3 is 0 Å². The van der Waals surface area contributed by atoms with Crippen molar-refractivity contribution in [2.45, 2.75) is 30.1 Å². The van der Waals surface area contributed by atoms with Crippen LogP contribution in [0.15, 0.2) is 0 Å². The maximum Gasteiger partial charge on any atom is 0.137 e. The zero-order valence-electron chi connectivity index (χ0n) is 34.2. The lowest BCUT2D eigenvalue weighted by molar-refractivity contribution is -0.137. The highest BCUT2D eigenvalue weighted by molar-refractivity contribution is 6.82. The van der Waals surface area contributed by atoms with Gasteiger partial charge in [0.25, 0.3) is 0 Å². The van der Waals surface area contributed by atoms with Crippen molar-refractivity contribution >= 4 is 297 Å². The third kappa shape index (κ3) is 1.20. The number of Topliss-reactive ketones (excluding diaryl/α,β-unsaturated/α-hetero) is 1. The number of rotatable bonds is 0. The molecule has 0 unspecified atom stereocenters. The van der Waals surface area contributed by atoms with Crippen LogP contribution in [0.5, 0.6) is 0 Å². The fraction of sp³-hybridized carbons (Fsp3) is 0.106. The Morgan fingerprint density at radius 2 is 0.373 bits per heavy atom. The maximum atomic E-state index is 15.8. The smallest absolute Gasteiger partial charge is 0.137 e. The second kappa shape index (κ2) is 5.25. The van der Waals surface area contributed by atoms with E-state index in [1.807, 2.05) is 0 Å². The molecular weight excluding hydrogens is 809 g/mol. The largest absolute Gasteiger partial charge is 0.299 e. The average molecular weight is 817 g/mol. The van der Waals surface area contributed by atoms with Gasteiger partial charge in [-0.15, -0.1) is 0 Å². The lowest BCUT2D eigenvalue weighted by Crippen LogP contribution is -2.67. The second-order valence-electron chi connectivity index (χ2n) is 25.9. The highest BCUT2D eigenvalue weighted by atomic mass is 16.1. The van der Waals surface area contributed by atoms with Crippen LogP contribution in [0.4, 0.5) is 0 Å². The van der Waals surface area contributed by atoms with Crippen molar-refractivity contribution in [2.75, 3.05) is 0 Å². The first kappa shape index (κ1) is 24.1. The zero-order chi connectivity index (χ0) is 39.3. The van der Waals surface area contributed by atoms with Gasteiger partial charge in [0, 0.05) is 23.2 Å². The van der Waals surface area contributed by atoms with Crippen molar-refractivity contribution in [2.24, 2.45) is 11.8 Å². The van der Waals surface area contributed by atoms with Crippen molar-refractivity contribution in [1.29, 1.82) is 0 Å². The average Bonchev–Trinajstić information content (AvgIpc) is 4.23. The highest BCUT2D eigenvalue weighted by Crippen LogP contribution is 2.88. The Bertz CT molecular complexity index is 6970. The summed E-state index contributed by atoms with van der Waals surface area (Å²) in [6, 6.07) is 0. The summed E-state index contributed by atoms with van der Waals surface area (Å²) in [4.78, 5) is 15.8. The first-order valence-corrected chi connectivity index (χ1v) is 25.6. The van der Waals surface area contributed by atoms with E-state index in [1.54, 1.807) is 313 Å². The monoisotopic (exact) mass is 816 g/mol. The third-order valence-electron chi connectivity index (χ3n) is 26.2. The van der Waals surface area contributed by atoms with Gasteiger partial charge >= 0.3 is 0 Å². The molecule has 2 spiro atoms. The van der Waals surface area contributed by atoms with Crippen molar-refractivity contribution in [3.05, 3.63) is 22.3 Å². The second-order valence-corrected chi connectivity index (χ2v) is 25.9.